The molecule has 3 rings (SSSR count). The van der Waals surface area contributed by atoms with Gasteiger partial charge in [0, 0.05) is 33.3 Å². The van der Waals surface area contributed by atoms with Gasteiger partial charge in [-0.05, 0) is 35.7 Å². The number of unbranched alkanes of at least 4 members (excludes halogenated alkanes) is 3. The molecule has 4 heteroatoms. The average Bonchev–Trinajstić information content (AvgIpc) is 2.90. The summed E-state index contributed by atoms with van der Waals surface area (Å²) in [6, 6.07) is 15.0. The number of para-hydroxylation sites is 1. The van der Waals surface area contributed by atoms with E-state index in [0.29, 0.717) is 6.54 Å². The number of azide groups is 1. The number of fused-ring (bicyclic) bond motifs is 3. The Labute approximate surface area is 136 Å². The highest BCUT2D eigenvalue weighted by molar-refractivity contribution is 6.08. The summed E-state index contributed by atoms with van der Waals surface area (Å²) in [5.74, 6) is 0. The number of aryl methyl sites for hydroxylation is 1. The zero-order valence-corrected chi connectivity index (χ0v) is 13.6. The fourth-order valence-corrected chi connectivity index (χ4v) is 3.25. The molecule has 0 amide bonds. The molecular weight excluding hydrogens is 284 g/mol. The van der Waals surface area contributed by atoms with E-state index in [1.807, 2.05) is 0 Å². The monoisotopic (exact) mass is 306 g/mol. The minimum atomic E-state index is 0.405. The maximum Gasteiger partial charge on any atom is 0.0511 e. The zero-order valence-electron chi connectivity index (χ0n) is 13.6. The number of hydrogen-bond acceptors (Lipinski definition) is 1. The van der Waals surface area contributed by atoms with Crippen LogP contribution in [0.1, 0.15) is 38.2 Å². The van der Waals surface area contributed by atoms with Crippen molar-refractivity contribution in [1.29, 1.82) is 0 Å². The lowest BCUT2D eigenvalue weighted by molar-refractivity contribution is 0.602. The molecule has 118 valence electrons. The van der Waals surface area contributed by atoms with Gasteiger partial charge in [0.25, 0.3) is 0 Å². The van der Waals surface area contributed by atoms with Crippen LogP contribution in [0.5, 0.6) is 0 Å². The van der Waals surface area contributed by atoms with Gasteiger partial charge in [-0.25, -0.2) is 0 Å². The van der Waals surface area contributed by atoms with E-state index in [0.717, 1.165) is 12.1 Å². The van der Waals surface area contributed by atoms with E-state index in [2.05, 4.69) is 64.0 Å². The van der Waals surface area contributed by atoms with Crippen molar-refractivity contribution < 1.29 is 0 Å². The minimum Gasteiger partial charge on any atom is -0.340 e. The molecule has 23 heavy (non-hydrogen) atoms. The molecule has 0 N–H and O–H groups in total. The molecule has 1 aromatic heterocycles. The molecule has 0 aliphatic heterocycles. The Hall–Kier alpha value is -2.45. The van der Waals surface area contributed by atoms with E-state index in [1.54, 1.807) is 0 Å². The highest BCUT2D eigenvalue weighted by Crippen LogP contribution is 2.30. The van der Waals surface area contributed by atoms with Gasteiger partial charge < -0.3 is 4.57 Å². The predicted molar refractivity (Wildman–Crippen MR) is 96.4 cm³/mol. The fourth-order valence-electron chi connectivity index (χ4n) is 3.25. The number of aromatic nitrogens is 1. The first-order chi connectivity index (χ1) is 11.3. The Morgan fingerprint density at radius 1 is 1.00 bits per heavy atom. The van der Waals surface area contributed by atoms with Gasteiger partial charge in [0.1, 0.15) is 0 Å². The van der Waals surface area contributed by atoms with Crippen LogP contribution >= 0.6 is 0 Å². The molecule has 0 bridgehead atoms. The lowest BCUT2D eigenvalue weighted by Gasteiger charge is -2.07. The quantitative estimate of drug-likeness (QED) is 0.216. The molecule has 0 aliphatic carbocycles. The van der Waals surface area contributed by atoms with E-state index >= 15 is 0 Å². The van der Waals surface area contributed by atoms with E-state index < -0.39 is 0 Å². The lowest BCUT2D eigenvalue weighted by atomic mass is 10.1. The van der Waals surface area contributed by atoms with Crippen molar-refractivity contribution in [3.05, 3.63) is 58.5 Å². The maximum absolute atomic E-state index is 8.51. The van der Waals surface area contributed by atoms with E-state index in [-0.39, 0.29) is 0 Å². The molecule has 0 saturated carbocycles. The SMILES string of the molecule is CCCCCCn1c2ccccc2c2cc(CN=[N+]=[N-])ccc21. The number of rotatable bonds is 7. The van der Waals surface area contributed by atoms with Crippen LogP contribution < -0.4 is 0 Å². The average molecular weight is 306 g/mol. The van der Waals surface area contributed by atoms with Crippen molar-refractivity contribution in [1.82, 2.24) is 4.57 Å². The Balaban J connectivity index is 2.04. The van der Waals surface area contributed by atoms with Gasteiger partial charge in [0.05, 0.1) is 6.54 Å². The highest BCUT2D eigenvalue weighted by atomic mass is 15.1. The van der Waals surface area contributed by atoms with Crippen LogP contribution in [0, 0.1) is 0 Å². The van der Waals surface area contributed by atoms with Gasteiger partial charge in [-0.2, -0.15) is 0 Å². The topological polar surface area (TPSA) is 53.7 Å². The molecule has 0 unspecified atom stereocenters. The van der Waals surface area contributed by atoms with Crippen LogP contribution in [-0.2, 0) is 13.1 Å². The van der Waals surface area contributed by atoms with Crippen molar-refractivity contribution in [2.45, 2.75) is 45.7 Å². The molecule has 0 aliphatic rings. The van der Waals surface area contributed by atoms with E-state index in [9.17, 15) is 0 Å². The molecular formula is C19H22N4. The van der Waals surface area contributed by atoms with Crippen molar-refractivity contribution >= 4 is 21.8 Å². The van der Waals surface area contributed by atoms with Crippen LogP contribution in [-0.4, -0.2) is 4.57 Å². The minimum absolute atomic E-state index is 0.405. The van der Waals surface area contributed by atoms with Crippen LogP contribution in [0.3, 0.4) is 0 Å². The lowest BCUT2D eigenvalue weighted by Crippen LogP contribution is -1.97. The molecule has 0 fully saturated rings. The van der Waals surface area contributed by atoms with E-state index in [4.69, 9.17) is 5.53 Å². The maximum atomic E-state index is 8.51. The van der Waals surface area contributed by atoms with Gasteiger partial charge in [-0.15, -0.1) is 0 Å². The second kappa shape index (κ2) is 7.21. The Kier molecular flexibility index (Phi) is 4.84. The van der Waals surface area contributed by atoms with Gasteiger partial charge in [0.15, 0.2) is 0 Å². The van der Waals surface area contributed by atoms with Gasteiger partial charge in [-0.3, -0.25) is 0 Å². The number of nitrogens with zero attached hydrogens (tertiary/aromatic N) is 4. The highest BCUT2D eigenvalue weighted by Gasteiger charge is 2.10. The largest absolute Gasteiger partial charge is 0.340 e. The molecule has 0 atom stereocenters. The van der Waals surface area contributed by atoms with Gasteiger partial charge in [0.2, 0.25) is 0 Å². The smallest absolute Gasteiger partial charge is 0.0511 e. The van der Waals surface area contributed by atoms with Crippen molar-refractivity contribution in [2.24, 2.45) is 5.11 Å². The van der Waals surface area contributed by atoms with Crippen molar-refractivity contribution in [3.63, 3.8) is 0 Å². The molecule has 0 saturated heterocycles. The summed E-state index contributed by atoms with van der Waals surface area (Å²) < 4.78 is 2.43. The summed E-state index contributed by atoms with van der Waals surface area (Å²) in [4.78, 5) is 2.86. The summed E-state index contributed by atoms with van der Waals surface area (Å²) in [6.07, 6.45) is 5.05. The molecule has 2 aromatic carbocycles. The summed E-state index contributed by atoms with van der Waals surface area (Å²) >= 11 is 0. The van der Waals surface area contributed by atoms with E-state index in [1.165, 1.54) is 47.5 Å². The first-order valence-electron chi connectivity index (χ1n) is 8.36. The third-order valence-corrected chi connectivity index (χ3v) is 4.39. The fraction of sp³-hybridized carbons (Fsp3) is 0.368. The zero-order chi connectivity index (χ0) is 16.1. The second-order valence-electron chi connectivity index (χ2n) is 5.97. The molecule has 0 radical (unpaired) electrons. The van der Waals surface area contributed by atoms with Crippen LogP contribution in [0.25, 0.3) is 32.2 Å². The third kappa shape index (κ3) is 3.17. The van der Waals surface area contributed by atoms with Gasteiger partial charge in [-0.1, -0.05) is 55.6 Å². The predicted octanol–water partition coefficient (Wildman–Crippen LogP) is 6.19. The summed E-state index contributed by atoms with van der Waals surface area (Å²) in [5, 5.41) is 6.21. The first-order valence-corrected chi connectivity index (χ1v) is 8.36. The second-order valence-corrected chi connectivity index (χ2v) is 5.97. The summed E-state index contributed by atoms with van der Waals surface area (Å²) in [7, 11) is 0. The summed E-state index contributed by atoms with van der Waals surface area (Å²) in [5.41, 5.74) is 12.1. The normalized spacial score (nSPS) is 11.0. The standard InChI is InChI=1S/C19H22N4/c1-2-3-4-7-12-23-18-9-6-5-8-16(18)17-13-15(14-21-22-20)10-11-19(17)23/h5-6,8-11,13H,2-4,7,12,14H2,1H3. The molecule has 4 nitrogen and oxygen atoms in total. The van der Waals surface area contributed by atoms with Crippen LogP contribution in [0.15, 0.2) is 47.6 Å². The Morgan fingerprint density at radius 3 is 2.65 bits per heavy atom. The molecule has 1 heterocycles. The molecule has 3 aromatic rings. The first kappa shape index (κ1) is 15.4. The summed E-state index contributed by atoms with van der Waals surface area (Å²) in [6.45, 7) is 3.70. The third-order valence-electron chi connectivity index (χ3n) is 4.39. The Morgan fingerprint density at radius 2 is 1.83 bits per heavy atom. The Bertz CT molecular complexity index is 856. The number of benzene rings is 2. The van der Waals surface area contributed by atoms with Crippen molar-refractivity contribution in [3.8, 4) is 0 Å². The van der Waals surface area contributed by atoms with Crippen LogP contribution in [0.4, 0.5) is 0 Å². The number of hydrogen-bond donors (Lipinski definition) is 0. The van der Waals surface area contributed by atoms with Crippen molar-refractivity contribution in [2.75, 3.05) is 0 Å². The molecule has 0 spiro atoms. The van der Waals surface area contributed by atoms with Gasteiger partial charge >= 0.3 is 0 Å². The van der Waals surface area contributed by atoms with Crippen LogP contribution in [0.2, 0.25) is 0 Å².